The molecule has 0 spiro atoms. The van der Waals surface area contributed by atoms with Crippen molar-refractivity contribution in [2.45, 2.75) is 83.2 Å². The summed E-state index contributed by atoms with van der Waals surface area (Å²) in [6.07, 6.45) is 2.84. The second-order valence-corrected chi connectivity index (χ2v) is 10.1. The van der Waals surface area contributed by atoms with Gasteiger partial charge in [0, 0.05) is 5.56 Å². The van der Waals surface area contributed by atoms with Crippen molar-refractivity contribution in [1.29, 1.82) is 0 Å². The van der Waals surface area contributed by atoms with Crippen molar-refractivity contribution in [2.24, 2.45) is 17.8 Å². The van der Waals surface area contributed by atoms with Gasteiger partial charge in [-0.15, -0.1) is 0 Å². The van der Waals surface area contributed by atoms with Crippen molar-refractivity contribution in [3.8, 4) is 16.9 Å². The summed E-state index contributed by atoms with van der Waals surface area (Å²) in [6.45, 7) is 2.25. The average Bonchev–Trinajstić information content (AvgIpc) is 2.82. The van der Waals surface area contributed by atoms with Crippen molar-refractivity contribution in [3.63, 3.8) is 0 Å². The van der Waals surface area contributed by atoms with Crippen molar-refractivity contribution in [2.75, 3.05) is 0 Å². The largest absolute Gasteiger partial charge is 0.461 e. The van der Waals surface area contributed by atoms with Crippen molar-refractivity contribution in [3.05, 3.63) is 53.8 Å². The summed E-state index contributed by atoms with van der Waals surface area (Å²) in [4.78, 5) is 0. The van der Waals surface area contributed by atoms with Crippen LogP contribution in [0.25, 0.3) is 11.1 Å². The lowest BCUT2D eigenvalue weighted by atomic mass is 9.63. The van der Waals surface area contributed by atoms with Gasteiger partial charge in [-0.3, -0.25) is 0 Å². The molecule has 2 aromatic carbocycles. The number of fused-ring (bicyclic) bond motifs is 1. The minimum atomic E-state index is -4.57. The molecule has 0 radical (unpaired) electrons. The molecule has 0 aliphatic heterocycles. The molecule has 6 heteroatoms. The molecule has 0 heterocycles. The van der Waals surface area contributed by atoms with E-state index in [2.05, 4.69) is 11.7 Å². The lowest BCUT2D eigenvalue weighted by molar-refractivity contribution is -0.253. The lowest BCUT2D eigenvalue weighted by Crippen LogP contribution is -2.33. The third-order valence-electron chi connectivity index (χ3n) is 7.83. The van der Waals surface area contributed by atoms with E-state index in [1.54, 1.807) is 12.1 Å². The quantitative estimate of drug-likeness (QED) is 0.342. The van der Waals surface area contributed by atoms with E-state index in [-0.39, 0.29) is 5.82 Å². The van der Waals surface area contributed by atoms with Crippen LogP contribution in [-0.2, 0) is 0 Å². The normalized spacial score (nSPS) is 25.3. The highest BCUT2D eigenvalue weighted by Crippen LogP contribution is 2.48. The van der Waals surface area contributed by atoms with Gasteiger partial charge >= 0.3 is 12.5 Å². The van der Waals surface area contributed by atoms with Gasteiger partial charge in [0.15, 0.2) is 0 Å². The number of ether oxygens (including phenoxy) is 1. The fraction of sp³-hybridized carbons (Fsp3) is 0.571. The Balaban J connectivity index is 1.39. The summed E-state index contributed by atoms with van der Waals surface area (Å²) < 4.78 is 69.9. The molecule has 4 atom stereocenters. The molecule has 2 aliphatic carbocycles. The third kappa shape index (κ3) is 5.75. The standard InChI is InChI=1S/C28H33F5O/c1-2-3-4-18-5-6-21-16-22(8-7-20(21)15-18)23-11-14-25(26(29)17-23)19-9-12-24(13-10-19)34-28(32,33)27(30)31/h9-14,17-18,20-22,27H,2-8,15-16H2,1H3. The SMILES string of the molecule is CCCCC1CCC2CC(c3ccc(-c4ccc(OC(F)(F)C(F)F)cc4)c(F)c3)CCC2C1. The highest BCUT2D eigenvalue weighted by molar-refractivity contribution is 5.65. The van der Waals surface area contributed by atoms with E-state index in [0.29, 0.717) is 17.0 Å². The Bertz CT molecular complexity index is 942. The van der Waals surface area contributed by atoms with Crippen molar-refractivity contribution < 1.29 is 26.7 Å². The van der Waals surface area contributed by atoms with E-state index in [1.807, 2.05) is 6.07 Å². The lowest BCUT2D eigenvalue weighted by Gasteiger charge is -2.42. The zero-order valence-corrected chi connectivity index (χ0v) is 19.6. The fourth-order valence-electron chi connectivity index (χ4n) is 5.97. The minimum Gasteiger partial charge on any atom is -0.428 e. The third-order valence-corrected chi connectivity index (χ3v) is 7.83. The summed E-state index contributed by atoms with van der Waals surface area (Å²) in [5, 5.41) is 0. The van der Waals surface area contributed by atoms with Gasteiger partial charge in [0.25, 0.3) is 0 Å². The number of hydrogen-bond donors (Lipinski definition) is 0. The van der Waals surface area contributed by atoms with Gasteiger partial charge in [0.2, 0.25) is 0 Å². The molecule has 0 bridgehead atoms. The minimum absolute atomic E-state index is 0.348. The number of unbranched alkanes of at least 4 members (excludes halogenated alkanes) is 1. The molecule has 4 unspecified atom stereocenters. The first kappa shape index (κ1) is 25.0. The zero-order chi connectivity index (χ0) is 24.3. The Hall–Kier alpha value is -2.11. The van der Waals surface area contributed by atoms with Crippen LogP contribution < -0.4 is 4.74 Å². The van der Waals surface area contributed by atoms with Crippen LogP contribution in [0.2, 0.25) is 0 Å². The second-order valence-electron chi connectivity index (χ2n) is 10.1. The average molecular weight is 481 g/mol. The number of halogens is 5. The van der Waals surface area contributed by atoms with Crippen LogP contribution in [-0.4, -0.2) is 12.5 Å². The molecule has 186 valence electrons. The van der Waals surface area contributed by atoms with E-state index in [4.69, 9.17) is 0 Å². The Kier molecular flexibility index (Phi) is 7.83. The molecule has 2 aromatic rings. The topological polar surface area (TPSA) is 9.23 Å². The monoisotopic (exact) mass is 480 g/mol. The maximum atomic E-state index is 15.0. The summed E-state index contributed by atoms with van der Waals surface area (Å²) in [6, 6.07) is 10.4. The predicted molar refractivity (Wildman–Crippen MR) is 124 cm³/mol. The van der Waals surface area contributed by atoms with Gasteiger partial charge < -0.3 is 4.74 Å². The first-order valence-corrected chi connectivity index (χ1v) is 12.5. The molecule has 0 amide bonds. The molecule has 34 heavy (non-hydrogen) atoms. The van der Waals surface area contributed by atoms with E-state index in [9.17, 15) is 17.6 Å². The smallest absolute Gasteiger partial charge is 0.428 e. The fourth-order valence-corrected chi connectivity index (χ4v) is 5.97. The maximum absolute atomic E-state index is 15.0. The van der Waals surface area contributed by atoms with Gasteiger partial charge in [0.05, 0.1) is 0 Å². The van der Waals surface area contributed by atoms with E-state index < -0.39 is 18.3 Å². The predicted octanol–water partition coefficient (Wildman–Crippen LogP) is 9.22. The molecular weight excluding hydrogens is 447 g/mol. The molecule has 0 saturated heterocycles. The van der Waals surface area contributed by atoms with Crippen LogP contribution in [0.5, 0.6) is 5.75 Å². The van der Waals surface area contributed by atoms with E-state index in [1.165, 1.54) is 57.1 Å². The van der Waals surface area contributed by atoms with Crippen LogP contribution in [0.15, 0.2) is 42.5 Å². The van der Waals surface area contributed by atoms with Crippen LogP contribution >= 0.6 is 0 Å². The van der Waals surface area contributed by atoms with E-state index >= 15 is 4.39 Å². The van der Waals surface area contributed by atoms with Crippen LogP contribution in [0.1, 0.15) is 76.2 Å². The summed E-state index contributed by atoms with van der Waals surface area (Å²) >= 11 is 0. The second kappa shape index (κ2) is 10.7. The number of rotatable bonds is 8. The molecule has 2 saturated carbocycles. The van der Waals surface area contributed by atoms with Crippen molar-refractivity contribution in [1.82, 2.24) is 0 Å². The highest BCUT2D eigenvalue weighted by atomic mass is 19.3. The first-order chi connectivity index (χ1) is 16.3. The Morgan fingerprint density at radius 1 is 0.941 bits per heavy atom. The molecule has 1 nitrogen and oxygen atoms in total. The molecule has 0 aromatic heterocycles. The van der Waals surface area contributed by atoms with Crippen molar-refractivity contribution >= 4 is 0 Å². The van der Waals surface area contributed by atoms with Gasteiger partial charge in [-0.25, -0.2) is 4.39 Å². The molecule has 2 aliphatic rings. The van der Waals surface area contributed by atoms with Gasteiger partial charge in [-0.05, 0) is 85.1 Å². The maximum Gasteiger partial charge on any atom is 0.461 e. The van der Waals surface area contributed by atoms with E-state index in [0.717, 1.165) is 48.3 Å². The van der Waals surface area contributed by atoms with Crippen LogP contribution in [0, 0.1) is 23.6 Å². The van der Waals surface area contributed by atoms with Gasteiger partial charge in [0.1, 0.15) is 11.6 Å². The van der Waals surface area contributed by atoms with Gasteiger partial charge in [-0.2, -0.15) is 17.6 Å². The summed E-state index contributed by atoms with van der Waals surface area (Å²) in [7, 11) is 0. The molecule has 0 N–H and O–H groups in total. The number of hydrogen-bond acceptors (Lipinski definition) is 1. The highest BCUT2D eigenvalue weighted by Gasteiger charge is 2.44. The Morgan fingerprint density at radius 2 is 1.65 bits per heavy atom. The van der Waals surface area contributed by atoms with Crippen LogP contribution in [0.3, 0.4) is 0 Å². The Labute approximate surface area is 198 Å². The Morgan fingerprint density at radius 3 is 2.32 bits per heavy atom. The summed E-state index contributed by atoms with van der Waals surface area (Å²) in [5.41, 5.74) is 1.84. The number of benzene rings is 2. The molecular formula is C28H33F5O. The van der Waals surface area contributed by atoms with Crippen LogP contribution in [0.4, 0.5) is 22.0 Å². The summed E-state index contributed by atoms with van der Waals surface area (Å²) in [5.74, 6) is 2.03. The zero-order valence-electron chi connectivity index (χ0n) is 19.6. The first-order valence-electron chi connectivity index (χ1n) is 12.5. The molecule has 2 fully saturated rings. The number of alkyl halides is 4. The molecule has 4 rings (SSSR count). The van der Waals surface area contributed by atoms with Gasteiger partial charge in [-0.1, -0.05) is 56.9 Å².